The standard InChI is InChI=1S/C16H25NO2/c1-5-13(14-9-7-6-8-10-14)11-15(18)17(4)12-16(2,3)19/h6-10,13,19H,5,11-12H2,1-4H3/t13-/m1/s1. The lowest BCUT2D eigenvalue weighted by atomic mass is 9.92. The molecule has 0 aromatic heterocycles. The molecule has 0 unspecified atom stereocenters. The van der Waals surface area contributed by atoms with Crippen molar-refractivity contribution < 1.29 is 9.90 Å². The Kier molecular flexibility index (Phi) is 5.55. The van der Waals surface area contributed by atoms with Crippen molar-refractivity contribution in [1.82, 2.24) is 4.90 Å². The van der Waals surface area contributed by atoms with Crippen LogP contribution in [0.1, 0.15) is 45.1 Å². The Bertz CT molecular complexity index is 395. The fraction of sp³-hybridized carbons (Fsp3) is 0.562. The molecule has 1 rings (SSSR count). The van der Waals surface area contributed by atoms with Crippen LogP contribution >= 0.6 is 0 Å². The fourth-order valence-corrected chi connectivity index (χ4v) is 2.26. The molecule has 1 aromatic rings. The summed E-state index contributed by atoms with van der Waals surface area (Å²) in [4.78, 5) is 13.8. The molecule has 0 saturated carbocycles. The molecule has 0 spiro atoms. The summed E-state index contributed by atoms with van der Waals surface area (Å²) in [5.74, 6) is 0.329. The molecule has 1 N–H and O–H groups in total. The van der Waals surface area contributed by atoms with Gasteiger partial charge in [0.1, 0.15) is 0 Å². The van der Waals surface area contributed by atoms with Crippen LogP contribution in [0.4, 0.5) is 0 Å². The summed E-state index contributed by atoms with van der Waals surface area (Å²) < 4.78 is 0. The summed E-state index contributed by atoms with van der Waals surface area (Å²) in [6.45, 7) is 5.88. The van der Waals surface area contributed by atoms with E-state index in [0.29, 0.717) is 13.0 Å². The van der Waals surface area contributed by atoms with Crippen molar-refractivity contribution in [1.29, 1.82) is 0 Å². The van der Waals surface area contributed by atoms with Gasteiger partial charge in [-0.25, -0.2) is 0 Å². The molecule has 0 bridgehead atoms. The Labute approximate surface area is 116 Å². The van der Waals surface area contributed by atoms with Gasteiger partial charge in [-0.2, -0.15) is 0 Å². The van der Waals surface area contributed by atoms with Crippen LogP contribution < -0.4 is 0 Å². The van der Waals surface area contributed by atoms with Crippen LogP contribution in [-0.2, 0) is 4.79 Å². The SMILES string of the molecule is CC[C@H](CC(=O)N(C)CC(C)(C)O)c1ccccc1. The average Bonchev–Trinajstić information content (AvgIpc) is 2.34. The Morgan fingerprint density at radius 2 is 1.89 bits per heavy atom. The van der Waals surface area contributed by atoms with Gasteiger partial charge < -0.3 is 10.0 Å². The quantitative estimate of drug-likeness (QED) is 0.857. The molecule has 1 amide bonds. The zero-order valence-corrected chi connectivity index (χ0v) is 12.4. The van der Waals surface area contributed by atoms with E-state index in [1.165, 1.54) is 5.56 Å². The Morgan fingerprint density at radius 3 is 2.37 bits per heavy atom. The summed E-state index contributed by atoms with van der Waals surface area (Å²) >= 11 is 0. The predicted octanol–water partition coefficient (Wildman–Crippen LogP) is 2.80. The van der Waals surface area contributed by atoms with Gasteiger partial charge in [0.2, 0.25) is 5.91 Å². The highest BCUT2D eigenvalue weighted by atomic mass is 16.3. The zero-order valence-electron chi connectivity index (χ0n) is 12.4. The van der Waals surface area contributed by atoms with E-state index in [0.717, 1.165) is 6.42 Å². The van der Waals surface area contributed by atoms with Gasteiger partial charge in [0.05, 0.1) is 5.60 Å². The molecule has 3 nitrogen and oxygen atoms in total. The highest BCUT2D eigenvalue weighted by molar-refractivity contribution is 5.76. The van der Waals surface area contributed by atoms with Crippen LogP contribution in [0.15, 0.2) is 30.3 Å². The van der Waals surface area contributed by atoms with Crippen molar-refractivity contribution in [2.75, 3.05) is 13.6 Å². The maximum absolute atomic E-state index is 12.2. The van der Waals surface area contributed by atoms with E-state index < -0.39 is 5.60 Å². The topological polar surface area (TPSA) is 40.5 Å². The van der Waals surface area contributed by atoms with Crippen LogP contribution in [-0.4, -0.2) is 35.1 Å². The predicted molar refractivity (Wildman–Crippen MR) is 78.0 cm³/mol. The van der Waals surface area contributed by atoms with E-state index in [4.69, 9.17) is 0 Å². The number of rotatable bonds is 6. The Morgan fingerprint density at radius 1 is 1.32 bits per heavy atom. The van der Waals surface area contributed by atoms with Crippen molar-refractivity contribution >= 4 is 5.91 Å². The number of amides is 1. The van der Waals surface area contributed by atoms with Gasteiger partial charge in [0.15, 0.2) is 0 Å². The summed E-state index contributed by atoms with van der Waals surface area (Å²) in [7, 11) is 1.75. The largest absolute Gasteiger partial charge is 0.389 e. The van der Waals surface area contributed by atoms with E-state index in [9.17, 15) is 9.90 Å². The number of aliphatic hydroxyl groups is 1. The molecule has 0 aliphatic rings. The molecule has 1 atom stereocenters. The van der Waals surface area contributed by atoms with Crippen molar-refractivity contribution in [3.8, 4) is 0 Å². The molecule has 0 saturated heterocycles. The number of hydrogen-bond donors (Lipinski definition) is 1. The van der Waals surface area contributed by atoms with Crippen LogP contribution in [0.3, 0.4) is 0 Å². The van der Waals surface area contributed by atoms with E-state index >= 15 is 0 Å². The van der Waals surface area contributed by atoms with Crippen molar-refractivity contribution in [3.63, 3.8) is 0 Å². The number of likely N-dealkylation sites (N-methyl/N-ethyl adjacent to an activating group) is 1. The minimum absolute atomic E-state index is 0.0813. The second-order valence-corrected chi connectivity index (χ2v) is 5.78. The molecule has 1 aromatic carbocycles. The number of nitrogens with zero attached hydrogens (tertiary/aromatic N) is 1. The summed E-state index contributed by atoms with van der Waals surface area (Å²) in [5, 5.41) is 9.75. The number of carbonyl (C=O) groups is 1. The second kappa shape index (κ2) is 6.71. The third-order valence-electron chi connectivity index (χ3n) is 3.23. The Balaban J connectivity index is 2.64. The van der Waals surface area contributed by atoms with Gasteiger partial charge in [-0.3, -0.25) is 4.79 Å². The average molecular weight is 263 g/mol. The fourth-order valence-electron chi connectivity index (χ4n) is 2.26. The third kappa shape index (κ3) is 5.43. The maximum atomic E-state index is 12.2. The van der Waals surface area contributed by atoms with Crippen LogP contribution in [0, 0.1) is 0 Å². The van der Waals surface area contributed by atoms with Gasteiger partial charge in [0, 0.05) is 20.0 Å². The van der Waals surface area contributed by atoms with Crippen LogP contribution in [0.2, 0.25) is 0 Å². The first kappa shape index (κ1) is 15.7. The highest BCUT2D eigenvalue weighted by Crippen LogP contribution is 2.23. The molecule has 0 heterocycles. The van der Waals surface area contributed by atoms with Crippen LogP contribution in [0.25, 0.3) is 0 Å². The monoisotopic (exact) mass is 263 g/mol. The first-order chi connectivity index (χ1) is 8.83. The molecule has 3 heteroatoms. The van der Waals surface area contributed by atoms with Gasteiger partial charge in [-0.1, -0.05) is 37.3 Å². The van der Waals surface area contributed by atoms with Crippen LogP contribution in [0.5, 0.6) is 0 Å². The molecule has 0 aliphatic carbocycles. The molecule has 19 heavy (non-hydrogen) atoms. The third-order valence-corrected chi connectivity index (χ3v) is 3.23. The van der Waals surface area contributed by atoms with E-state index in [2.05, 4.69) is 19.1 Å². The summed E-state index contributed by atoms with van der Waals surface area (Å²) in [6.07, 6.45) is 1.43. The lowest BCUT2D eigenvalue weighted by molar-refractivity contribution is -0.133. The zero-order chi connectivity index (χ0) is 14.5. The Hall–Kier alpha value is -1.35. The van der Waals surface area contributed by atoms with Crippen molar-refractivity contribution in [3.05, 3.63) is 35.9 Å². The minimum atomic E-state index is -0.848. The van der Waals surface area contributed by atoms with Crippen molar-refractivity contribution in [2.24, 2.45) is 0 Å². The van der Waals surface area contributed by atoms with Gasteiger partial charge in [0.25, 0.3) is 0 Å². The molecule has 106 valence electrons. The smallest absolute Gasteiger partial charge is 0.223 e. The highest BCUT2D eigenvalue weighted by Gasteiger charge is 2.22. The summed E-state index contributed by atoms with van der Waals surface area (Å²) in [5.41, 5.74) is 0.355. The van der Waals surface area contributed by atoms with Gasteiger partial charge in [-0.05, 0) is 31.7 Å². The number of benzene rings is 1. The molecular weight excluding hydrogens is 238 g/mol. The number of carbonyl (C=O) groups excluding carboxylic acids is 1. The van der Waals surface area contributed by atoms with E-state index in [1.807, 2.05) is 18.2 Å². The normalized spacial score (nSPS) is 13.1. The lowest BCUT2D eigenvalue weighted by Gasteiger charge is -2.27. The lowest BCUT2D eigenvalue weighted by Crippen LogP contribution is -2.40. The first-order valence-corrected chi connectivity index (χ1v) is 6.84. The van der Waals surface area contributed by atoms with Crippen molar-refractivity contribution in [2.45, 2.75) is 45.1 Å². The molecule has 0 radical (unpaired) electrons. The number of hydrogen-bond acceptors (Lipinski definition) is 2. The summed E-state index contributed by atoms with van der Waals surface area (Å²) in [6, 6.07) is 10.1. The molecule has 0 aliphatic heterocycles. The minimum Gasteiger partial charge on any atom is -0.389 e. The van der Waals surface area contributed by atoms with Gasteiger partial charge >= 0.3 is 0 Å². The molecular formula is C16H25NO2. The maximum Gasteiger partial charge on any atom is 0.223 e. The van der Waals surface area contributed by atoms with E-state index in [1.54, 1.807) is 25.8 Å². The second-order valence-electron chi connectivity index (χ2n) is 5.78. The van der Waals surface area contributed by atoms with Gasteiger partial charge in [-0.15, -0.1) is 0 Å². The first-order valence-electron chi connectivity index (χ1n) is 6.84. The van der Waals surface area contributed by atoms with E-state index in [-0.39, 0.29) is 11.8 Å². The molecule has 0 fully saturated rings.